The van der Waals surface area contributed by atoms with E-state index >= 15 is 0 Å². The zero-order valence-electron chi connectivity index (χ0n) is 20.0. The molecule has 36 heavy (non-hydrogen) atoms. The van der Waals surface area contributed by atoms with E-state index in [1.165, 1.54) is 0 Å². The van der Waals surface area contributed by atoms with Crippen molar-refractivity contribution >= 4 is 33.5 Å². The second kappa shape index (κ2) is 10.4. The highest BCUT2D eigenvalue weighted by Gasteiger charge is 2.44. The molecule has 1 N–H and O–H groups in total. The van der Waals surface area contributed by atoms with E-state index in [1.54, 1.807) is 0 Å². The van der Waals surface area contributed by atoms with Gasteiger partial charge in [-0.15, -0.1) is 0 Å². The van der Waals surface area contributed by atoms with Crippen molar-refractivity contribution in [3.63, 3.8) is 0 Å². The Bertz CT molecular complexity index is 1240. The van der Waals surface area contributed by atoms with Gasteiger partial charge in [0.1, 0.15) is 12.4 Å². The Morgan fingerprint density at radius 1 is 0.944 bits per heavy atom. The van der Waals surface area contributed by atoms with Gasteiger partial charge in [-0.25, -0.2) is 0 Å². The van der Waals surface area contributed by atoms with E-state index in [4.69, 9.17) is 4.74 Å². The number of nitrogens with zero attached hydrogens (tertiary/aromatic N) is 1. The molecule has 2 aliphatic carbocycles. The van der Waals surface area contributed by atoms with Crippen molar-refractivity contribution in [2.24, 2.45) is 0 Å². The van der Waals surface area contributed by atoms with E-state index in [9.17, 15) is 19.5 Å². The first-order valence-corrected chi connectivity index (χ1v) is 13.2. The van der Waals surface area contributed by atoms with E-state index < -0.39 is 11.9 Å². The van der Waals surface area contributed by atoms with Crippen LogP contribution >= 0.6 is 15.9 Å². The number of hydrogen-bond donors (Lipinski definition) is 1. The molecule has 0 radical (unpaired) electrons. The Labute approximate surface area is 218 Å². The summed E-state index contributed by atoms with van der Waals surface area (Å²) >= 11 is 3.58. The van der Waals surface area contributed by atoms with Crippen LogP contribution in [-0.4, -0.2) is 34.1 Å². The molecular formula is C29H28BrNO5. The molecule has 0 saturated heterocycles. The van der Waals surface area contributed by atoms with E-state index in [0.717, 1.165) is 39.8 Å². The molecule has 6 nitrogen and oxygen atoms in total. The lowest BCUT2D eigenvalue weighted by atomic mass is 9.70. The minimum atomic E-state index is -0.894. The highest BCUT2D eigenvalue weighted by atomic mass is 79.9. The highest BCUT2D eigenvalue weighted by Crippen LogP contribution is 2.51. The molecule has 5 rings (SSSR count). The summed E-state index contributed by atoms with van der Waals surface area (Å²) in [4.78, 5) is 40.3. The molecule has 0 unspecified atom stereocenters. The number of ether oxygens (including phenoxy) is 1. The van der Waals surface area contributed by atoms with Gasteiger partial charge in [0.05, 0.1) is 6.42 Å². The number of rotatable bonds is 7. The topological polar surface area (TPSA) is 83.9 Å². The van der Waals surface area contributed by atoms with Crippen molar-refractivity contribution < 1.29 is 24.2 Å². The van der Waals surface area contributed by atoms with Crippen molar-refractivity contribution in [3.05, 3.63) is 86.7 Å². The van der Waals surface area contributed by atoms with Gasteiger partial charge >= 0.3 is 5.97 Å². The third-order valence-corrected chi connectivity index (χ3v) is 7.65. The Balaban J connectivity index is 1.64. The molecule has 0 fully saturated rings. The molecule has 1 heterocycles. The molecule has 3 aliphatic rings. The van der Waals surface area contributed by atoms with Crippen LogP contribution in [0.15, 0.2) is 75.5 Å². The zero-order valence-corrected chi connectivity index (χ0v) is 21.6. The van der Waals surface area contributed by atoms with Crippen LogP contribution in [0.2, 0.25) is 0 Å². The number of carboxylic acid groups (broad SMARTS) is 1. The van der Waals surface area contributed by atoms with Crippen molar-refractivity contribution in [1.29, 1.82) is 0 Å². The summed E-state index contributed by atoms with van der Waals surface area (Å²) in [6, 6.07) is 15.6. The lowest BCUT2D eigenvalue weighted by molar-refractivity contribution is -0.137. The van der Waals surface area contributed by atoms with Crippen molar-refractivity contribution in [2.75, 3.05) is 6.54 Å². The molecule has 0 atom stereocenters. The van der Waals surface area contributed by atoms with Crippen molar-refractivity contribution in [2.45, 2.75) is 57.5 Å². The van der Waals surface area contributed by atoms with Crippen LogP contribution in [0.5, 0.6) is 5.75 Å². The van der Waals surface area contributed by atoms with E-state index in [-0.39, 0.29) is 24.5 Å². The first-order valence-electron chi connectivity index (χ1n) is 12.4. The van der Waals surface area contributed by atoms with Crippen LogP contribution < -0.4 is 4.74 Å². The number of carbonyl (C=O) groups excluding carboxylic acids is 2. The van der Waals surface area contributed by atoms with Crippen LogP contribution in [0.4, 0.5) is 0 Å². The van der Waals surface area contributed by atoms with Crippen LogP contribution in [0.3, 0.4) is 0 Å². The number of carbonyl (C=O) groups is 3. The minimum absolute atomic E-state index is 0.0282. The summed E-state index contributed by atoms with van der Waals surface area (Å²) in [6.07, 6.45) is 3.62. The predicted octanol–water partition coefficient (Wildman–Crippen LogP) is 5.92. The number of benzene rings is 2. The Hall–Kier alpha value is -3.19. The van der Waals surface area contributed by atoms with Gasteiger partial charge in [-0.05, 0) is 49.4 Å². The predicted molar refractivity (Wildman–Crippen MR) is 138 cm³/mol. The first kappa shape index (κ1) is 24.5. The largest absolute Gasteiger partial charge is 0.489 e. The summed E-state index contributed by atoms with van der Waals surface area (Å²) in [6.45, 7) is 0.628. The Morgan fingerprint density at radius 2 is 1.58 bits per heavy atom. The first-order chi connectivity index (χ1) is 17.4. The SMILES string of the molecule is O=C(O)CCN1C2=C(C(=O)CCC2)C(c2cc(Br)ccc2OCc2ccccc2)C2=C1CCCC2=O. The molecule has 7 heteroatoms. The maximum absolute atomic E-state index is 13.5. The van der Waals surface area contributed by atoms with Crippen LogP contribution in [0.1, 0.15) is 62.0 Å². The highest BCUT2D eigenvalue weighted by molar-refractivity contribution is 9.10. The van der Waals surface area contributed by atoms with Crippen molar-refractivity contribution in [1.82, 2.24) is 4.90 Å². The van der Waals surface area contributed by atoms with Crippen LogP contribution in [0, 0.1) is 0 Å². The number of halogens is 1. The van der Waals surface area contributed by atoms with E-state index in [2.05, 4.69) is 15.9 Å². The average molecular weight is 550 g/mol. The maximum Gasteiger partial charge on any atom is 0.305 e. The van der Waals surface area contributed by atoms with Crippen molar-refractivity contribution in [3.8, 4) is 5.75 Å². The number of carboxylic acids is 1. The fourth-order valence-electron chi connectivity index (χ4n) is 5.62. The lowest BCUT2D eigenvalue weighted by Crippen LogP contribution is -2.40. The standard InChI is InChI=1S/C29H28BrNO5/c30-19-12-13-25(36-17-18-6-2-1-3-7-18)20(16-19)27-28-21(8-4-10-23(28)32)31(15-14-26(34)35)22-9-5-11-24(33)29(22)27/h1-3,6-7,12-13,16,27H,4-5,8-11,14-15,17H2,(H,34,35). The Kier molecular flexibility index (Phi) is 7.10. The quantitative estimate of drug-likeness (QED) is 0.461. The zero-order chi connectivity index (χ0) is 25.2. The fraction of sp³-hybridized carbons (Fsp3) is 0.345. The molecule has 0 saturated carbocycles. The van der Waals surface area contributed by atoms with E-state index in [1.807, 2.05) is 53.4 Å². The second-order valence-corrected chi connectivity index (χ2v) is 10.4. The minimum Gasteiger partial charge on any atom is -0.489 e. The number of aliphatic carboxylic acids is 1. The smallest absolute Gasteiger partial charge is 0.305 e. The number of ketones is 2. The molecule has 0 amide bonds. The molecule has 2 aromatic rings. The van der Waals surface area contributed by atoms with Gasteiger partial charge in [0.15, 0.2) is 11.6 Å². The summed E-state index contributed by atoms with van der Waals surface area (Å²) in [5.41, 5.74) is 4.83. The molecule has 2 aromatic carbocycles. The normalized spacial score (nSPS) is 18.3. The maximum atomic E-state index is 13.5. The third-order valence-electron chi connectivity index (χ3n) is 7.16. The fourth-order valence-corrected chi connectivity index (χ4v) is 6.00. The van der Waals surface area contributed by atoms with Gasteiger partial charge in [0.2, 0.25) is 0 Å². The number of Topliss-reactive ketones (excluding diaryl/α,β-unsaturated/α-hetero) is 2. The van der Waals surface area contributed by atoms with Crippen LogP contribution in [0.25, 0.3) is 0 Å². The van der Waals surface area contributed by atoms with Gasteiger partial charge in [-0.3, -0.25) is 14.4 Å². The van der Waals surface area contributed by atoms with Gasteiger partial charge in [0, 0.05) is 57.9 Å². The molecule has 0 aromatic heterocycles. The summed E-state index contributed by atoms with van der Waals surface area (Å²) < 4.78 is 7.13. The number of hydrogen-bond acceptors (Lipinski definition) is 5. The molecule has 186 valence electrons. The molecule has 0 bridgehead atoms. The van der Waals surface area contributed by atoms with Gasteiger partial charge in [-0.2, -0.15) is 0 Å². The average Bonchev–Trinajstić information content (AvgIpc) is 2.87. The van der Waals surface area contributed by atoms with Gasteiger partial charge < -0.3 is 14.7 Å². The summed E-state index contributed by atoms with van der Waals surface area (Å²) in [7, 11) is 0. The third kappa shape index (κ3) is 4.76. The molecular weight excluding hydrogens is 522 g/mol. The van der Waals surface area contributed by atoms with E-state index in [0.29, 0.717) is 49.2 Å². The van der Waals surface area contributed by atoms with Gasteiger partial charge in [0.25, 0.3) is 0 Å². The van der Waals surface area contributed by atoms with Crippen LogP contribution in [-0.2, 0) is 21.0 Å². The Morgan fingerprint density at radius 3 is 2.19 bits per heavy atom. The van der Waals surface area contributed by atoms with Gasteiger partial charge in [-0.1, -0.05) is 46.3 Å². The lowest BCUT2D eigenvalue weighted by Gasteiger charge is -2.44. The second-order valence-electron chi connectivity index (χ2n) is 9.46. The molecule has 1 aliphatic heterocycles. The molecule has 0 spiro atoms. The summed E-state index contributed by atoms with van der Waals surface area (Å²) in [5, 5.41) is 9.38. The number of allylic oxidation sites excluding steroid dienone is 4. The summed E-state index contributed by atoms with van der Waals surface area (Å²) in [5.74, 6) is -0.711. The monoisotopic (exact) mass is 549 g/mol.